The minimum atomic E-state index is -4.57. The molecule has 0 atom stereocenters. The number of hydrogen-bond donors (Lipinski definition) is 3. The zero-order valence-corrected chi connectivity index (χ0v) is 13.1. The van der Waals surface area contributed by atoms with Crippen LogP contribution in [-0.4, -0.2) is 24.5 Å². The van der Waals surface area contributed by atoms with Gasteiger partial charge in [-0.3, -0.25) is 4.79 Å². The molecule has 2 rings (SSSR count). The van der Waals surface area contributed by atoms with E-state index in [4.69, 9.17) is 0 Å². The second-order valence-corrected chi connectivity index (χ2v) is 5.75. The average Bonchev–Trinajstić information content (AvgIpc) is 2.53. The van der Waals surface area contributed by atoms with Gasteiger partial charge >= 0.3 is 12.2 Å². The summed E-state index contributed by atoms with van der Waals surface area (Å²) in [7, 11) is 0. The first-order valence-corrected chi connectivity index (χ1v) is 7.86. The van der Waals surface area contributed by atoms with Crippen LogP contribution in [0.3, 0.4) is 0 Å². The first kappa shape index (κ1) is 18.1. The maximum atomic E-state index is 12.8. The van der Waals surface area contributed by atoms with Gasteiger partial charge in [-0.15, -0.1) is 0 Å². The lowest BCUT2D eigenvalue weighted by atomic mass is 9.95. The van der Waals surface area contributed by atoms with Crippen molar-refractivity contribution in [2.24, 2.45) is 0 Å². The molecule has 0 heterocycles. The summed E-state index contributed by atoms with van der Waals surface area (Å²) in [5.41, 5.74) is -1.29. The van der Waals surface area contributed by atoms with Crippen LogP contribution in [0.15, 0.2) is 24.3 Å². The summed E-state index contributed by atoms with van der Waals surface area (Å²) in [5, 5.41) is 7.21. The predicted molar refractivity (Wildman–Crippen MR) is 83.5 cm³/mol. The van der Waals surface area contributed by atoms with E-state index in [0.29, 0.717) is 0 Å². The monoisotopic (exact) mass is 343 g/mol. The van der Waals surface area contributed by atoms with Crippen LogP contribution in [0.4, 0.5) is 23.7 Å². The number of carbonyl (C=O) groups excluding carboxylic acids is 2. The molecule has 24 heavy (non-hydrogen) atoms. The van der Waals surface area contributed by atoms with Crippen LogP contribution >= 0.6 is 0 Å². The summed E-state index contributed by atoms with van der Waals surface area (Å²) in [6.07, 6.45) is 0.543. The molecule has 1 saturated carbocycles. The number of amides is 3. The van der Waals surface area contributed by atoms with Gasteiger partial charge in [-0.1, -0.05) is 31.4 Å². The summed E-state index contributed by atoms with van der Waals surface area (Å²) < 4.78 is 38.5. The zero-order valence-electron chi connectivity index (χ0n) is 13.1. The molecule has 132 valence electrons. The van der Waals surface area contributed by atoms with E-state index in [-0.39, 0.29) is 24.2 Å². The quantitative estimate of drug-likeness (QED) is 0.785. The smallest absolute Gasteiger partial charge is 0.352 e. The van der Waals surface area contributed by atoms with Crippen molar-refractivity contribution in [1.82, 2.24) is 10.6 Å². The minimum absolute atomic E-state index is 0.113. The highest BCUT2D eigenvalue weighted by molar-refractivity contribution is 5.93. The average molecular weight is 343 g/mol. The third-order valence-corrected chi connectivity index (χ3v) is 3.86. The van der Waals surface area contributed by atoms with E-state index in [1.807, 2.05) is 0 Å². The number of alkyl halides is 3. The third kappa shape index (κ3) is 5.43. The van der Waals surface area contributed by atoms with Gasteiger partial charge in [0.2, 0.25) is 5.91 Å². The number of hydrogen-bond acceptors (Lipinski definition) is 2. The lowest BCUT2D eigenvalue weighted by Gasteiger charge is -2.22. The second-order valence-electron chi connectivity index (χ2n) is 5.75. The van der Waals surface area contributed by atoms with Crippen molar-refractivity contribution in [2.45, 2.75) is 44.3 Å². The molecular weight excluding hydrogens is 323 g/mol. The first-order valence-electron chi connectivity index (χ1n) is 7.86. The first-order chi connectivity index (χ1) is 11.4. The molecule has 0 aliphatic heterocycles. The number of para-hydroxylation sites is 1. The molecular formula is C16H20F3N3O2. The molecule has 1 aliphatic carbocycles. The van der Waals surface area contributed by atoms with E-state index in [1.54, 1.807) is 0 Å². The van der Waals surface area contributed by atoms with Crippen molar-refractivity contribution in [3.8, 4) is 0 Å². The van der Waals surface area contributed by atoms with Crippen LogP contribution in [0, 0.1) is 0 Å². The maximum Gasteiger partial charge on any atom is 0.418 e. The number of urea groups is 1. The Morgan fingerprint density at radius 2 is 1.75 bits per heavy atom. The number of benzene rings is 1. The Labute approximate surface area is 138 Å². The van der Waals surface area contributed by atoms with Gasteiger partial charge in [0.25, 0.3) is 0 Å². The summed E-state index contributed by atoms with van der Waals surface area (Å²) in [6, 6.07) is 3.92. The highest BCUT2D eigenvalue weighted by Gasteiger charge is 2.33. The Morgan fingerprint density at radius 3 is 2.42 bits per heavy atom. The molecule has 1 aromatic carbocycles. The van der Waals surface area contributed by atoms with Crippen LogP contribution < -0.4 is 16.0 Å². The molecule has 0 unspecified atom stereocenters. The van der Waals surface area contributed by atoms with Crippen LogP contribution in [0.2, 0.25) is 0 Å². The zero-order chi connectivity index (χ0) is 17.6. The molecule has 3 amide bonds. The molecule has 0 spiro atoms. The summed E-state index contributed by atoms with van der Waals surface area (Å²) in [4.78, 5) is 23.5. The number of rotatable bonds is 4. The third-order valence-electron chi connectivity index (χ3n) is 3.86. The Kier molecular flexibility index (Phi) is 6.05. The normalized spacial score (nSPS) is 15.6. The van der Waals surface area contributed by atoms with E-state index in [2.05, 4.69) is 16.0 Å². The molecule has 0 bridgehead atoms. The number of nitrogens with one attached hydrogen (secondary N) is 3. The number of anilines is 1. The second kappa shape index (κ2) is 8.03. The van der Waals surface area contributed by atoms with E-state index in [1.165, 1.54) is 12.1 Å². The van der Waals surface area contributed by atoms with E-state index < -0.39 is 17.8 Å². The Hall–Kier alpha value is -2.25. The molecule has 1 aromatic rings. The largest absolute Gasteiger partial charge is 0.418 e. The van der Waals surface area contributed by atoms with Gasteiger partial charge in [0, 0.05) is 6.04 Å². The lowest BCUT2D eigenvalue weighted by molar-refractivity contribution is -0.137. The molecule has 5 nitrogen and oxygen atoms in total. The van der Waals surface area contributed by atoms with Gasteiger partial charge < -0.3 is 16.0 Å². The Balaban J connectivity index is 1.82. The van der Waals surface area contributed by atoms with Crippen LogP contribution in [0.1, 0.15) is 37.7 Å². The van der Waals surface area contributed by atoms with Gasteiger partial charge in [-0.05, 0) is 25.0 Å². The minimum Gasteiger partial charge on any atom is -0.352 e. The SMILES string of the molecule is O=C(CNC(=O)Nc1ccccc1C(F)(F)F)NC1CCCCC1. The standard InChI is InChI=1S/C16H20F3N3O2/c17-16(18,19)12-8-4-5-9-13(12)22-15(24)20-10-14(23)21-11-6-2-1-3-7-11/h4-5,8-9,11H,1-3,6-7,10H2,(H,21,23)(H2,20,22,24). The summed E-state index contributed by atoms with van der Waals surface area (Å²) in [5.74, 6) is -0.346. The Morgan fingerprint density at radius 1 is 1.08 bits per heavy atom. The van der Waals surface area contributed by atoms with Crippen LogP contribution in [0.25, 0.3) is 0 Å². The van der Waals surface area contributed by atoms with Crippen molar-refractivity contribution in [2.75, 3.05) is 11.9 Å². The topological polar surface area (TPSA) is 70.2 Å². The van der Waals surface area contributed by atoms with Crippen LogP contribution in [-0.2, 0) is 11.0 Å². The highest BCUT2D eigenvalue weighted by atomic mass is 19.4. The number of carbonyl (C=O) groups is 2. The van der Waals surface area contributed by atoms with Gasteiger partial charge in [0.15, 0.2) is 0 Å². The Bertz CT molecular complexity index is 584. The lowest BCUT2D eigenvalue weighted by Crippen LogP contribution is -2.43. The van der Waals surface area contributed by atoms with Crippen molar-refractivity contribution in [3.63, 3.8) is 0 Å². The molecule has 3 N–H and O–H groups in total. The summed E-state index contributed by atoms with van der Waals surface area (Å²) >= 11 is 0. The molecule has 0 saturated heterocycles. The molecule has 8 heteroatoms. The van der Waals surface area contributed by atoms with Crippen molar-refractivity contribution in [1.29, 1.82) is 0 Å². The molecule has 0 aromatic heterocycles. The fourth-order valence-corrected chi connectivity index (χ4v) is 2.69. The highest BCUT2D eigenvalue weighted by Crippen LogP contribution is 2.34. The summed E-state index contributed by atoms with van der Waals surface area (Å²) in [6.45, 7) is -0.281. The van der Waals surface area contributed by atoms with E-state index >= 15 is 0 Å². The van der Waals surface area contributed by atoms with Crippen LogP contribution in [0.5, 0.6) is 0 Å². The predicted octanol–water partition coefficient (Wildman–Crippen LogP) is 3.28. The van der Waals surface area contributed by atoms with E-state index in [0.717, 1.165) is 44.2 Å². The molecule has 1 fully saturated rings. The maximum absolute atomic E-state index is 12.8. The van der Waals surface area contributed by atoms with Crippen molar-refractivity contribution in [3.05, 3.63) is 29.8 Å². The van der Waals surface area contributed by atoms with E-state index in [9.17, 15) is 22.8 Å². The molecule has 0 radical (unpaired) electrons. The van der Waals surface area contributed by atoms with Gasteiger partial charge in [0.05, 0.1) is 17.8 Å². The van der Waals surface area contributed by atoms with Crippen molar-refractivity contribution >= 4 is 17.6 Å². The van der Waals surface area contributed by atoms with Gasteiger partial charge in [-0.25, -0.2) is 4.79 Å². The van der Waals surface area contributed by atoms with Crippen molar-refractivity contribution < 1.29 is 22.8 Å². The van der Waals surface area contributed by atoms with Gasteiger partial charge in [-0.2, -0.15) is 13.2 Å². The van der Waals surface area contributed by atoms with Gasteiger partial charge in [0.1, 0.15) is 0 Å². The fraction of sp³-hybridized carbons (Fsp3) is 0.500. The molecule has 1 aliphatic rings. The fourth-order valence-electron chi connectivity index (χ4n) is 2.69. The number of halogens is 3.